The van der Waals surface area contributed by atoms with Crippen LogP contribution in [0.2, 0.25) is 0 Å². The number of aromatic amines is 2. The molecule has 2 aromatic rings. The summed E-state index contributed by atoms with van der Waals surface area (Å²) in [6, 6.07) is 1.37. The van der Waals surface area contributed by atoms with E-state index in [1.54, 1.807) is 6.92 Å². The van der Waals surface area contributed by atoms with Crippen molar-refractivity contribution in [2.24, 2.45) is 0 Å². The maximum atomic E-state index is 12.5. The molecule has 118 valence electrons. The quantitative estimate of drug-likeness (QED) is 0.789. The Morgan fingerprint density at radius 1 is 1.45 bits per heavy atom. The highest BCUT2D eigenvalue weighted by molar-refractivity contribution is 7.89. The fraction of sp³-hybridized carbons (Fsp3) is 0.417. The minimum atomic E-state index is -3.64. The van der Waals surface area contributed by atoms with Gasteiger partial charge in [0.25, 0.3) is 5.56 Å². The van der Waals surface area contributed by atoms with E-state index in [2.05, 4.69) is 20.2 Å². The Labute approximate surface area is 126 Å². The fourth-order valence-corrected chi connectivity index (χ4v) is 3.63. The number of hydrogen-bond acceptors (Lipinski definition) is 6. The van der Waals surface area contributed by atoms with Gasteiger partial charge in [-0.2, -0.15) is 9.40 Å². The van der Waals surface area contributed by atoms with Crippen molar-refractivity contribution in [2.75, 3.05) is 19.7 Å². The summed E-state index contributed by atoms with van der Waals surface area (Å²) in [5.74, 6) is 0.331. The fourth-order valence-electron chi connectivity index (χ4n) is 2.29. The molecule has 3 rings (SSSR count). The Hall–Kier alpha value is -2.04. The van der Waals surface area contributed by atoms with Crippen molar-refractivity contribution in [1.29, 1.82) is 0 Å². The summed E-state index contributed by atoms with van der Waals surface area (Å²) in [6.45, 7) is 2.24. The maximum Gasteiger partial charge on any atom is 0.251 e. The van der Waals surface area contributed by atoms with Crippen LogP contribution in [0.25, 0.3) is 0 Å². The van der Waals surface area contributed by atoms with Crippen LogP contribution in [-0.2, 0) is 14.8 Å². The van der Waals surface area contributed by atoms with Gasteiger partial charge in [-0.05, 0) is 6.92 Å². The lowest BCUT2D eigenvalue weighted by atomic mass is 10.3. The average Bonchev–Trinajstić information content (AvgIpc) is 3.01. The lowest BCUT2D eigenvalue weighted by molar-refractivity contribution is -0.00774. The van der Waals surface area contributed by atoms with Gasteiger partial charge in [0, 0.05) is 31.0 Å². The summed E-state index contributed by atoms with van der Waals surface area (Å²) in [5, 5.41) is 6.15. The molecule has 2 N–H and O–H groups in total. The van der Waals surface area contributed by atoms with E-state index in [0.29, 0.717) is 11.5 Å². The van der Waals surface area contributed by atoms with Gasteiger partial charge >= 0.3 is 0 Å². The highest BCUT2D eigenvalue weighted by Gasteiger charge is 2.33. The molecule has 0 bridgehead atoms. The highest BCUT2D eigenvalue weighted by atomic mass is 32.2. The summed E-state index contributed by atoms with van der Waals surface area (Å²) in [7, 11) is -3.64. The summed E-state index contributed by atoms with van der Waals surface area (Å²) in [5.41, 5.74) is 0.262. The van der Waals surface area contributed by atoms with E-state index in [4.69, 9.17) is 4.74 Å². The van der Waals surface area contributed by atoms with Crippen LogP contribution in [0.1, 0.15) is 17.6 Å². The van der Waals surface area contributed by atoms with E-state index < -0.39 is 16.1 Å². The van der Waals surface area contributed by atoms with E-state index in [1.807, 2.05) is 0 Å². The first-order valence-electron chi connectivity index (χ1n) is 6.65. The Kier molecular flexibility index (Phi) is 3.81. The number of sulfonamides is 1. The zero-order valence-corrected chi connectivity index (χ0v) is 12.6. The van der Waals surface area contributed by atoms with Crippen molar-refractivity contribution >= 4 is 10.0 Å². The minimum absolute atomic E-state index is 0.0832. The summed E-state index contributed by atoms with van der Waals surface area (Å²) in [6.07, 6.45) is 1.97. The second-order valence-electron chi connectivity index (χ2n) is 4.93. The number of ether oxygens (including phenoxy) is 1. The molecule has 1 aliphatic rings. The van der Waals surface area contributed by atoms with Crippen molar-refractivity contribution in [3.8, 4) is 0 Å². The molecule has 0 radical (unpaired) electrons. The number of aromatic nitrogens is 4. The summed E-state index contributed by atoms with van der Waals surface area (Å²) >= 11 is 0. The second-order valence-corrected chi connectivity index (χ2v) is 6.87. The van der Waals surface area contributed by atoms with Crippen LogP contribution in [0.5, 0.6) is 0 Å². The van der Waals surface area contributed by atoms with Gasteiger partial charge in [-0.25, -0.2) is 13.4 Å². The van der Waals surface area contributed by atoms with Crippen molar-refractivity contribution < 1.29 is 13.2 Å². The van der Waals surface area contributed by atoms with Crippen LogP contribution in [0.3, 0.4) is 0 Å². The molecule has 1 saturated heterocycles. The molecule has 1 atom stereocenters. The van der Waals surface area contributed by atoms with E-state index in [0.717, 1.165) is 0 Å². The average molecular weight is 325 g/mol. The summed E-state index contributed by atoms with van der Waals surface area (Å²) in [4.78, 5) is 18.4. The molecule has 0 saturated carbocycles. The van der Waals surface area contributed by atoms with Gasteiger partial charge in [-0.15, -0.1) is 0 Å². The molecule has 0 amide bonds. The molecule has 0 aromatic carbocycles. The van der Waals surface area contributed by atoms with Gasteiger partial charge in [0.2, 0.25) is 10.0 Å². The molecule has 1 aliphatic heterocycles. The molecule has 0 aliphatic carbocycles. The normalized spacial score (nSPS) is 20.1. The van der Waals surface area contributed by atoms with Gasteiger partial charge in [-0.1, -0.05) is 0 Å². The first-order chi connectivity index (χ1) is 10.5. The number of nitrogens with zero attached hydrogens (tertiary/aromatic N) is 3. The number of hydrogen-bond donors (Lipinski definition) is 2. The predicted molar refractivity (Wildman–Crippen MR) is 75.6 cm³/mol. The molecule has 9 nitrogen and oxygen atoms in total. The molecular formula is C12H15N5O4S. The zero-order valence-electron chi connectivity index (χ0n) is 11.8. The zero-order chi connectivity index (χ0) is 15.7. The lowest BCUT2D eigenvalue weighted by Gasteiger charge is -2.31. The van der Waals surface area contributed by atoms with Crippen LogP contribution in [0.15, 0.2) is 28.2 Å². The second kappa shape index (κ2) is 5.63. The standard InChI is InChI=1S/C12H15N5O4S/c1-8-4-11(18)16-12(15-8)10-7-17(2-3-21-10)22(19,20)9-5-13-14-6-9/h4-6,10H,2-3,7H2,1H3,(H,13,14)(H,15,16,18). The molecule has 10 heteroatoms. The summed E-state index contributed by atoms with van der Waals surface area (Å²) < 4.78 is 31.8. The van der Waals surface area contributed by atoms with Crippen LogP contribution in [0.4, 0.5) is 0 Å². The van der Waals surface area contributed by atoms with Gasteiger partial charge in [0.05, 0.1) is 12.8 Å². The minimum Gasteiger partial charge on any atom is -0.368 e. The Bertz CT molecular complexity index is 814. The Morgan fingerprint density at radius 2 is 2.27 bits per heavy atom. The van der Waals surface area contributed by atoms with Crippen LogP contribution in [-0.4, -0.2) is 52.6 Å². The Morgan fingerprint density at radius 3 is 2.95 bits per heavy atom. The van der Waals surface area contributed by atoms with Crippen LogP contribution >= 0.6 is 0 Å². The first kappa shape index (κ1) is 14.9. The van der Waals surface area contributed by atoms with E-state index in [-0.39, 0.29) is 30.2 Å². The molecule has 22 heavy (non-hydrogen) atoms. The third-order valence-electron chi connectivity index (χ3n) is 3.33. The first-order valence-corrected chi connectivity index (χ1v) is 8.09. The number of aryl methyl sites for hydroxylation is 1. The van der Waals surface area contributed by atoms with Crippen molar-refractivity contribution in [1.82, 2.24) is 24.5 Å². The Balaban J connectivity index is 1.87. The predicted octanol–water partition coefficient (Wildman–Crippen LogP) is -0.436. The molecular weight excluding hydrogens is 310 g/mol. The molecule has 1 fully saturated rings. The van der Waals surface area contributed by atoms with Gasteiger partial charge < -0.3 is 9.72 Å². The van der Waals surface area contributed by atoms with Gasteiger partial charge in [-0.3, -0.25) is 9.89 Å². The van der Waals surface area contributed by atoms with E-state index in [9.17, 15) is 13.2 Å². The van der Waals surface area contributed by atoms with Crippen LogP contribution < -0.4 is 5.56 Å². The smallest absolute Gasteiger partial charge is 0.251 e. The van der Waals surface area contributed by atoms with Gasteiger partial charge in [0.1, 0.15) is 16.8 Å². The monoisotopic (exact) mass is 325 g/mol. The largest absolute Gasteiger partial charge is 0.368 e. The SMILES string of the molecule is Cc1cc(=O)[nH]c(C2CN(S(=O)(=O)c3cn[nH]c3)CCO2)n1. The molecule has 3 heterocycles. The number of rotatable bonds is 3. The number of morpholine rings is 1. The lowest BCUT2D eigenvalue weighted by Crippen LogP contribution is -2.42. The maximum absolute atomic E-state index is 12.5. The third kappa shape index (κ3) is 2.80. The molecule has 0 spiro atoms. The van der Waals surface area contributed by atoms with E-state index in [1.165, 1.54) is 22.8 Å². The number of nitrogens with one attached hydrogen (secondary N) is 2. The van der Waals surface area contributed by atoms with E-state index >= 15 is 0 Å². The van der Waals surface area contributed by atoms with Crippen molar-refractivity contribution in [3.63, 3.8) is 0 Å². The molecule has 2 aromatic heterocycles. The third-order valence-corrected chi connectivity index (χ3v) is 5.16. The molecule has 1 unspecified atom stereocenters. The highest BCUT2D eigenvalue weighted by Crippen LogP contribution is 2.23. The van der Waals surface area contributed by atoms with Crippen LogP contribution in [0, 0.1) is 6.92 Å². The van der Waals surface area contributed by atoms with Gasteiger partial charge in [0.15, 0.2) is 0 Å². The number of H-pyrrole nitrogens is 2. The van der Waals surface area contributed by atoms with Crippen molar-refractivity contribution in [3.05, 3.63) is 40.3 Å². The van der Waals surface area contributed by atoms with Crippen molar-refractivity contribution in [2.45, 2.75) is 17.9 Å². The topological polar surface area (TPSA) is 121 Å².